The lowest BCUT2D eigenvalue weighted by atomic mass is 10.0. The Labute approximate surface area is 503 Å². The lowest BCUT2D eigenvalue weighted by molar-refractivity contribution is -0.167. The predicted molar refractivity (Wildman–Crippen MR) is 353 cm³/mol. The number of unbranched alkanes of at least 4 members (excludes halogenated alkanes) is 39. The van der Waals surface area contributed by atoms with Crippen molar-refractivity contribution in [3.05, 3.63) is 85.1 Å². The summed E-state index contributed by atoms with van der Waals surface area (Å²) in [6, 6.07) is 0. The molecule has 0 aromatic carbocycles. The number of allylic oxidation sites excluding steroid dienone is 14. The lowest BCUT2D eigenvalue weighted by Gasteiger charge is -2.18. The van der Waals surface area contributed by atoms with Gasteiger partial charge in [0, 0.05) is 19.3 Å². The van der Waals surface area contributed by atoms with E-state index in [2.05, 4.69) is 106 Å². The van der Waals surface area contributed by atoms with Crippen molar-refractivity contribution in [3.8, 4) is 0 Å². The standard InChI is InChI=1S/C75H132O6/c1-4-7-10-13-16-19-22-25-28-30-32-34-35-36-37-38-39-41-42-44-47-50-53-56-59-62-65-68-74(77)80-71-72(70-79-73(76)67-64-61-58-55-52-49-46-27-24-21-18-15-12-9-6-3)81-75(78)69-66-63-60-57-54-51-48-45-43-40-33-31-29-26-23-20-17-14-11-8-5-2/h8,11,17,20,26-27,29,33,40,45-46,48,54,57,72H,4-7,9-10,12-16,18-19,21-25,28,30-32,34-39,41-44,47,49-53,55-56,58-71H2,1-3H3/b11-8-,20-17-,29-26-,40-33-,46-27-,48-45-,57-54-. The zero-order valence-electron chi connectivity index (χ0n) is 53.8. The number of hydrogen-bond acceptors (Lipinski definition) is 6. The molecular formula is C75H132O6. The highest BCUT2D eigenvalue weighted by molar-refractivity contribution is 5.71. The molecule has 0 rings (SSSR count). The van der Waals surface area contributed by atoms with Crippen molar-refractivity contribution in [1.82, 2.24) is 0 Å². The molecule has 0 N–H and O–H groups in total. The van der Waals surface area contributed by atoms with E-state index in [4.69, 9.17) is 14.2 Å². The first-order chi connectivity index (χ1) is 40.0. The van der Waals surface area contributed by atoms with Gasteiger partial charge in [-0.2, -0.15) is 0 Å². The van der Waals surface area contributed by atoms with Gasteiger partial charge in [-0.15, -0.1) is 0 Å². The summed E-state index contributed by atoms with van der Waals surface area (Å²) in [5.41, 5.74) is 0. The molecule has 6 heteroatoms. The van der Waals surface area contributed by atoms with Gasteiger partial charge < -0.3 is 14.2 Å². The average Bonchev–Trinajstić information content (AvgIpc) is 3.47. The van der Waals surface area contributed by atoms with Gasteiger partial charge in [-0.25, -0.2) is 0 Å². The molecule has 0 aliphatic heterocycles. The molecule has 0 saturated heterocycles. The van der Waals surface area contributed by atoms with Crippen molar-refractivity contribution in [3.63, 3.8) is 0 Å². The van der Waals surface area contributed by atoms with E-state index in [1.807, 2.05) is 0 Å². The third kappa shape index (κ3) is 67.3. The highest BCUT2D eigenvalue weighted by Gasteiger charge is 2.19. The molecule has 1 atom stereocenters. The summed E-state index contributed by atoms with van der Waals surface area (Å²) < 4.78 is 16.9. The highest BCUT2D eigenvalue weighted by atomic mass is 16.6. The van der Waals surface area contributed by atoms with Crippen molar-refractivity contribution in [2.24, 2.45) is 0 Å². The van der Waals surface area contributed by atoms with E-state index >= 15 is 0 Å². The second kappa shape index (κ2) is 69.1. The van der Waals surface area contributed by atoms with Gasteiger partial charge in [-0.1, -0.05) is 324 Å². The van der Waals surface area contributed by atoms with Gasteiger partial charge in [0.1, 0.15) is 13.2 Å². The summed E-state index contributed by atoms with van der Waals surface area (Å²) in [6.07, 6.45) is 91.9. The largest absolute Gasteiger partial charge is 0.462 e. The zero-order chi connectivity index (χ0) is 58.5. The molecule has 1 unspecified atom stereocenters. The Morgan fingerprint density at radius 1 is 0.259 bits per heavy atom. The number of hydrogen-bond donors (Lipinski definition) is 0. The first-order valence-corrected chi connectivity index (χ1v) is 35.1. The molecule has 0 aromatic rings. The molecule has 81 heavy (non-hydrogen) atoms. The average molecular weight is 1130 g/mol. The Bertz CT molecular complexity index is 1530. The van der Waals surface area contributed by atoms with E-state index in [1.165, 1.54) is 212 Å². The summed E-state index contributed by atoms with van der Waals surface area (Å²) in [5.74, 6) is -0.929. The Morgan fingerprint density at radius 2 is 0.481 bits per heavy atom. The zero-order valence-corrected chi connectivity index (χ0v) is 53.8. The summed E-state index contributed by atoms with van der Waals surface area (Å²) in [6.45, 7) is 6.53. The van der Waals surface area contributed by atoms with E-state index in [9.17, 15) is 14.4 Å². The van der Waals surface area contributed by atoms with Crippen molar-refractivity contribution in [2.45, 2.75) is 361 Å². The smallest absolute Gasteiger partial charge is 0.306 e. The Morgan fingerprint density at radius 3 is 0.790 bits per heavy atom. The molecule has 0 fully saturated rings. The van der Waals surface area contributed by atoms with Crippen LogP contribution in [0.5, 0.6) is 0 Å². The fourth-order valence-electron chi connectivity index (χ4n) is 10.2. The molecule has 0 aliphatic carbocycles. The minimum absolute atomic E-state index is 0.0939. The number of ether oxygens (including phenoxy) is 3. The topological polar surface area (TPSA) is 78.9 Å². The summed E-state index contributed by atoms with van der Waals surface area (Å²) in [7, 11) is 0. The van der Waals surface area contributed by atoms with E-state index in [-0.39, 0.29) is 37.5 Å². The number of esters is 3. The van der Waals surface area contributed by atoms with Gasteiger partial charge in [-0.05, 0) is 96.3 Å². The molecule has 0 aliphatic rings. The van der Waals surface area contributed by atoms with Crippen LogP contribution in [-0.4, -0.2) is 37.2 Å². The first kappa shape index (κ1) is 77.6. The van der Waals surface area contributed by atoms with Crippen LogP contribution in [0.25, 0.3) is 0 Å². The first-order valence-electron chi connectivity index (χ1n) is 35.1. The van der Waals surface area contributed by atoms with E-state index in [0.29, 0.717) is 19.3 Å². The normalized spacial score (nSPS) is 12.6. The molecular weight excluding hydrogens is 997 g/mol. The van der Waals surface area contributed by atoms with Gasteiger partial charge in [0.05, 0.1) is 0 Å². The minimum Gasteiger partial charge on any atom is -0.462 e. The molecule has 0 bridgehead atoms. The van der Waals surface area contributed by atoms with Crippen molar-refractivity contribution in [2.75, 3.05) is 13.2 Å². The van der Waals surface area contributed by atoms with E-state index in [0.717, 1.165) is 96.3 Å². The molecule has 0 aromatic heterocycles. The molecule has 0 heterocycles. The van der Waals surface area contributed by atoms with E-state index in [1.54, 1.807) is 0 Å². The maximum absolute atomic E-state index is 12.9. The van der Waals surface area contributed by atoms with Gasteiger partial charge in [0.15, 0.2) is 6.10 Å². The molecule has 0 spiro atoms. The van der Waals surface area contributed by atoms with Crippen LogP contribution in [0.4, 0.5) is 0 Å². The number of carbonyl (C=O) groups is 3. The fourth-order valence-corrected chi connectivity index (χ4v) is 10.2. The summed E-state index contributed by atoms with van der Waals surface area (Å²) >= 11 is 0. The Kier molecular flexibility index (Phi) is 66.2. The molecule has 6 nitrogen and oxygen atoms in total. The molecule has 0 saturated carbocycles. The van der Waals surface area contributed by atoms with Crippen LogP contribution >= 0.6 is 0 Å². The van der Waals surface area contributed by atoms with Crippen LogP contribution in [0.3, 0.4) is 0 Å². The highest BCUT2D eigenvalue weighted by Crippen LogP contribution is 2.18. The minimum atomic E-state index is -0.804. The lowest BCUT2D eigenvalue weighted by Crippen LogP contribution is -2.30. The summed E-state index contributed by atoms with van der Waals surface area (Å²) in [5, 5.41) is 0. The quantitative estimate of drug-likeness (QED) is 0.0261. The third-order valence-electron chi connectivity index (χ3n) is 15.4. The predicted octanol–water partition coefficient (Wildman–Crippen LogP) is 24.2. The van der Waals surface area contributed by atoms with Crippen molar-refractivity contribution in [1.29, 1.82) is 0 Å². The molecule has 0 amide bonds. The maximum atomic E-state index is 12.9. The van der Waals surface area contributed by atoms with Crippen LogP contribution in [-0.2, 0) is 28.6 Å². The molecule has 468 valence electrons. The van der Waals surface area contributed by atoms with E-state index < -0.39 is 6.10 Å². The third-order valence-corrected chi connectivity index (χ3v) is 15.4. The fraction of sp³-hybridized carbons (Fsp3) is 0.773. The van der Waals surface area contributed by atoms with Crippen molar-refractivity contribution < 1.29 is 28.6 Å². The summed E-state index contributed by atoms with van der Waals surface area (Å²) in [4.78, 5) is 38.4. The van der Waals surface area contributed by atoms with Gasteiger partial charge >= 0.3 is 17.9 Å². The van der Waals surface area contributed by atoms with Crippen LogP contribution < -0.4 is 0 Å². The van der Waals surface area contributed by atoms with Crippen molar-refractivity contribution >= 4 is 17.9 Å². The maximum Gasteiger partial charge on any atom is 0.306 e. The van der Waals surface area contributed by atoms with Gasteiger partial charge in [0.2, 0.25) is 0 Å². The SMILES string of the molecule is CC/C=C\C/C=C\C/C=C\C/C=C\C/C=C\C/C=C\CCCCC(=O)OC(COC(=O)CCCCCCC/C=C\CCCCCCCC)COC(=O)CCCCCCCCCCCCCCCCCCCCCCCCCCCCC. The Hall–Kier alpha value is -3.41. The van der Waals surface area contributed by atoms with Crippen LogP contribution in [0.2, 0.25) is 0 Å². The molecule has 0 radical (unpaired) electrons. The number of rotatable bonds is 64. The van der Waals surface area contributed by atoms with Gasteiger partial charge in [0.25, 0.3) is 0 Å². The monoisotopic (exact) mass is 1130 g/mol. The van der Waals surface area contributed by atoms with Gasteiger partial charge in [-0.3, -0.25) is 14.4 Å². The Balaban J connectivity index is 4.34. The second-order valence-corrected chi connectivity index (χ2v) is 23.4. The van der Waals surface area contributed by atoms with Crippen LogP contribution in [0.1, 0.15) is 355 Å². The van der Waals surface area contributed by atoms with Crippen LogP contribution in [0.15, 0.2) is 85.1 Å². The number of carbonyl (C=O) groups excluding carboxylic acids is 3. The second-order valence-electron chi connectivity index (χ2n) is 23.4. The van der Waals surface area contributed by atoms with Crippen LogP contribution in [0, 0.1) is 0 Å².